The molecule has 0 saturated heterocycles. The summed E-state index contributed by atoms with van der Waals surface area (Å²) in [5.41, 5.74) is 3.27. The van der Waals surface area contributed by atoms with Crippen LogP contribution in [0.15, 0.2) is 52.7 Å². The Morgan fingerprint density at radius 3 is 2.21 bits per heavy atom. The van der Waals surface area contributed by atoms with E-state index in [1.54, 1.807) is 42.5 Å². The van der Waals surface area contributed by atoms with Crippen molar-refractivity contribution in [1.82, 2.24) is 0 Å². The molecule has 90 valence electrons. The van der Waals surface area contributed by atoms with Gasteiger partial charge in [-0.2, -0.15) is 15.5 Å². The van der Waals surface area contributed by atoms with Gasteiger partial charge < -0.3 is 0 Å². The Hall–Kier alpha value is -3.05. The van der Waals surface area contributed by atoms with Crippen molar-refractivity contribution >= 4 is 17.1 Å². The maximum atomic E-state index is 8.71. The van der Waals surface area contributed by atoms with Gasteiger partial charge in [-0.3, -0.25) is 0 Å². The van der Waals surface area contributed by atoms with Crippen LogP contribution in [0.4, 0.5) is 17.1 Å². The SMILES string of the molecule is Cc1cc(N=Nc2ccc(C#N)cc2)ccc1[N+]#N. The zero-order valence-electron chi connectivity index (χ0n) is 10.3. The van der Waals surface area contributed by atoms with Gasteiger partial charge in [0.15, 0.2) is 4.98 Å². The van der Waals surface area contributed by atoms with Crippen molar-refractivity contribution in [1.29, 1.82) is 10.7 Å². The van der Waals surface area contributed by atoms with Crippen molar-refractivity contribution in [2.45, 2.75) is 6.92 Å². The number of hydrogen-bond acceptors (Lipinski definition) is 4. The predicted molar refractivity (Wildman–Crippen MR) is 71.3 cm³/mol. The van der Waals surface area contributed by atoms with E-state index in [-0.39, 0.29) is 0 Å². The fourth-order valence-corrected chi connectivity index (χ4v) is 1.53. The van der Waals surface area contributed by atoms with E-state index in [9.17, 15) is 0 Å². The minimum absolute atomic E-state index is 0.511. The average molecular weight is 248 g/mol. The molecule has 19 heavy (non-hydrogen) atoms. The van der Waals surface area contributed by atoms with E-state index in [4.69, 9.17) is 10.7 Å². The van der Waals surface area contributed by atoms with E-state index >= 15 is 0 Å². The van der Waals surface area contributed by atoms with Crippen LogP contribution >= 0.6 is 0 Å². The molecule has 5 nitrogen and oxygen atoms in total. The van der Waals surface area contributed by atoms with Gasteiger partial charge in [-0.1, -0.05) is 0 Å². The summed E-state index contributed by atoms with van der Waals surface area (Å²) in [5, 5.41) is 25.6. The number of nitriles is 1. The Labute approximate surface area is 110 Å². The van der Waals surface area contributed by atoms with Crippen molar-refractivity contribution in [3.8, 4) is 6.07 Å². The summed E-state index contributed by atoms with van der Waals surface area (Å²) in [6, 6.07) is 14.0. The third-order valence-corrected chi connectivity index (χ3v) is 2.57. The molecule has 0 bridgehead atoms. The zero-order chi connectivity index (χ0) is 13.7. The lowest BCUT2D eigenvalue weighted by atomic mass is 10.2. The molecule has 0 amide bonds. The Bertz CT molecular complexity index is 702. The summed E-state index contributed by atoms with van der Waals surface area (Å²) in [4.78, 5) is 3.15. The second-order valence-corrected chi connectivity index (χ2v) is 3.93. The molecule has 2 aromatic carbocycles. The van der Waals surface area contributed by atoms with Crippen LogP contribution in [0.3, 0.4) is 0 Å². The van der Waals surface area contributed by atoms with Crippen LogP contribution in [0, 0.1) is 23.6 Å². The number of hydrogen-bond donors (Lipinski definition) is 0. The van der Waals surface area contributed by atoms with Crippen molar-refractivity contribution < 1.29 is 0 Å². The molecule has 0 aromatic heterocycles. The minimum atomic E-state index is 0.511. The van der Waals surface area contributed by atoms with E-state index < -0.39 is 0 Å². The third-order valence-electron chi connectivity index (χ3n) is 2.57. The summed E-state index contributed by atoms with van der Waals surface area (Å²) in [6.07, 6.45) is 0. The van der Waals surface area contributed by atoms with Crippen LogP contribution in [-0.2, 0) is 0 Å². The van der Waals surface area contributed by atoms with Crippen LogP contribution in [0.2, 0.25) is 0 Å². The molecule has 2 aromatic rings. The quantitative estimate of drug-likeness (QED) is 0.567. The van der Waals surface area contributed by atoms with Crippen LogP contribution in [0.25, 0.3) is 4.98 Å². The van der Waals surface area contributed by atoms with Crippen LogP contribution < -0.4 is 0 Å². The Balaban J connectivity index is 2.21. The molecule has 2 rings (SSSR count). The Morgan fingerprint density at radius 2 is 1.63 bits per heavy atom. The van der Waals surface area contributed by atoms with Crippen molar-refractivity contribution in [2.75, 3.05) is 0 Å². The zero-order valence-corrected chi connectivity index (χ0v) is 10.3. The first kappa shape index (κ1) is 12.4. The van der Waals surface area contributed by atoms with E-state index in [0.29, 0.717) is 22.6 Å². The normalized spacial score (nSPS) is 10.1. The molecule has 0 N–H and O–H groups in total. The van der Waals surface area contributed by atoms with Gasteiger partial charge in [0.2, 0.25) is 5.39 Å². The smallest absolute Gasteiger partial charge is 0.192 e. The Kier molecular flexibility index (Phi) is 3.61. The van der Waals surface area contributed by atoms with Crippen molar-refractivity contribution in [2.24, 2.45) is 10.2 Å². The number of benzene rings is 2. The summed E-state index contributed by atoms with van der Waals surface area (Å²) in [6.45, 7) is 1.83. The van der Waals surface area contributed by atoms with Gasteiger partial charge in [0.25, 0.3) is 0 Å². The second kappa shape index (κ2) is 5.52. The van der Waals surface area contributed by atoms with Crippen LogP contribution in [0.5, 0.6) is 0 Å². The highest BCUT2D eigenvalue weighted by Gasteiger charge is 2.09. The first-order chi connectivity index (χ1) is 9.22. The molecule has 0 aliphatic carbocycles. The predicted octanol–water partition coefficient (Wildman–Crippen LogP) is 4.77. The monoisotopic (exact) mass is 248 g/mol. The molecule has 0 radical (unpaired) electrons. The van der Waals surface area contributed by atoms with Crippen LogP contribution in [-0.4, -0.2) is 0 Å². The van der Waals surface area contributed by atoms with Crippen molar-refractivity contribution in [3.63, 3.8) is 0 Å². The number of nitrogens with zero attached hydrogens (tertiary/aromatic N) is 5. The first-order valence-electron chi connectivity index (χ1n) is 5.60. The van der Waals surface area contributed by atoms with E-state index in [1.165, 1.54) is 0 Å². The molecule has 0 fully saturated rings. The van der Waals surface area contributed by atoms with Gasteiger partial charge in [-0.25, -0.2) is 0 Å². The molecular weight excluding hydrogens is 238 g/mol. The lowest BCUT2D eigenvalue weighted by Crippen LogP contribution is -1.72. The topological polar surface area (TPSA) is 76.7 Å². The number of azo groups is 1. The summed E-state index contributed by atoms with van der Waals surface area (Å²) in [7, 11) is 0. The summed E-state index contributed by atoms with van der Waals surface area (Å²) in [5.74, 6) is 0. The molecule has 0 aliphatic rings. The molecule has 0 aliphatic heterocycles. The van der Waals surface area contributed by atoms with E-state index in [2.05, 4.69) is 15.2 Å². The van der Waals surface area contributed by atoms with Gasteiger partial charge in [0.1, 0.15) is 0 Å². The highest BCUT2D eigenvalue weighted by molar-refractivity contribution is 5.57. The maximum Gasteiger partial charge on any atom is 0.388 e. The molecule has 0 unspecified atom stereocenters. The van der Waals surface area contributed by atoms with Gasteiger partial charge >= 0.3 is 5.69 Å². The lowest BCUT2D eigenvalue weighted by molar-refractivity contribution is 1.22. The fourth-order valence-electron chi connectivity index (χ4n) is 1.53. The number of aryl methyl sites for hydroxylation is 1. The molecule has 0 spiro atoms. The Morgan fingerprint density at radius 1 is 1.00 bits per heavy atom. The van der Waals surface area contributed by atoms with E-state index in [0.717, 1.165) is 5.56 Å². The molecule has 0 heterocycles. The largest absolute Gasteiger partial charge is 0.388 e. The molecule has 0 atom stereocenters. The molecule has 0 saturated carbocycles. The lowest BCUT2D eigenvalue weighted by Gasteiger charge is -1.94. The summed E-state index contributed by atoms with van der Waals surface area (Å²) < 4.78 is 0. The maximum absolute atomic E-state index is 8.71. The van der Waals surface area contributed by atoms with Gasteiger partial charge in [0, 0.05) is 11.6 Å². The third kappa shape index (κ3) is 2.99. The average Bonchev–Trinajstić information content (AvgIpc) is 2.46. The van der Waals surface area contributed by atoms with E-state index in [1.807, 2.05) is 13.0 Å². The summed E-state index contributed by atoms with van der Waals surface area (Å²) >= 11 is 0. The number of rotatable bonds is 2. The highest BCUT2D eigenvalue weighted by Crippen LogP contribution is 2.25. The molecular formula is C14H10N5+. The number of diazo groups is 1. The highest BCUT2D eigenvalue weighted by atomic mass is 15.1. The fraction of sp³-hybridized carbons (Fsp3) is 0.0714. The standard InChI is InChI=1S/C14H10N5/c1-10-8-13(6-7-14(10)17-16)19-18-12-4-2-11(9-15)3-5-12/h2-8H,1H3/q+1. The van der Waals surface area contributed by atoms with Gasteiger partial charge in [-0.05, 0) is 43.3 Å². The van der Waals surface area contributed by atoms with Crippen LogP contribution in [0.1, 0.15) is 11.1 Å². The first-order valence-corrected chi connectivity index (χ1v) is 5.60. The minimum Gasteiger partial charge on any atom is -0.192 e. The van der Waals surface area contributed by atoms with Gasteiger partial charge in [-0.15, -0.1) is 0 Å². The second-order valence-electron chi connectivity index (χ2n) is 3.93. The van der Waals surface area contributed by atoms with Gasteiger partial charge in [0.05, 0.1) is 23.0 Å². The van der Waals surface area contributed by atoms with Crippen molar-refractivity contribution in [3.05, 3.63) is 58.6 Å². The molecule has 5 heteroatoms.